The average molecular weight is 311 g/mol. The molecule has 1 N–H and O–H groups in total. The van der Waals surface area contributed by atoms with Gasteiger partial charge in [0, 0.05) is 17.0 Å². The zero-order valence-corrected chi connectivity index (χ0v) is 13.4. The molecule has 0 aliphatic heterocycles. The van der Waals surface area contributed by atoms with Crippen molar-refractivity contribution in [2.24, 2.45) is 5.92 Å². The van der Waals surface area contributed by atoms with Crippen molar-refractivity contribution in [2.75, 3.05) is 6.54 Å². The van der Waals surface area contributed by atoms with Crippen molar-refractivity contribution < 1.29 is 4.39 Å². The van der Waals surface area contributed by atoms with E-state index in [1.54, 1.807) is 6.07 Å². The fourth-order valence-electron chi connectivity index (χ4n) is 1.71. The molecule has 6 heteroatoms. The van der Waals surface area contributed by atoms with E-state index < -0.39 is 0 Å². The molecule has 1 aromatic heterocycles. The molecule has 2 aromatic rings. The molecule has 0 saturated carbocycles. The fourth-order valence-corrected chi connectivity index (χ4v) is 3.46. The van der Waals surface area contributed by atoms with Gasteiger partial charge in [0.2, 0.25) is 0 Å². The normalized spacial score (nSPS) is 11.2. The van der Waals surface area contributed by atoms with Crippen LogP contribution in [0.15, 0.2) is 27.4 Å². The first-order valence-corrected chi connectivity index (χ1v) is 8.11. The van der Waals surface area contributed by atoms with E-state index in [0.29, 0.717) is 18.0 Å². The molecule has 2 rings (SSSR count). The highest BCUT2D eigenvalue weighted by molar-refractivity contribution is 8.01. The van der Waals surface area contributed by atoms with Crippen LogP contribution in [0.3, 0.4) is 0 Å². The van der Waals surface area contributed by atoms with E-state index in [9.17, 15) is 4.39 Å². The molecule has 3 nitrogen and oxygen atoms in total. The van der Waals surface area contributed by atoms with Crippen molar-refractivity contribution in [3.63, 3.8) is 0 Å². The molecule has 0 aliphatic carbocycles. The Balaban J connectivity index is 2.13. The van der Waals surface area contributed by atoms with Crippen molar-refractivity contribution in [1.82, 2.24) is 14.7 Å². The summed E-state index contributed by atoms with van der Waals surface area (Å²) in [5.41, 5.74) is 0.700. The molecule has 0 saturated heterocycles. The lowest BCUT2D eigenvalue weighted by molar-refractivity contribution is 0.530. The first-order valence-electron chi connectivity index (χ1n) is 6.52. The summed E-state index contributed by atoms with van der Waals surface area (Å²) >= 11 is 2.82. The second kappa shape index (κ2) is 7.15. The number of benzene rings is 1. The SMILES string of the molecule is Cc1nsc(Sc2cccc(F)c2CNCC(C)C)n1. The van der Waals surface area contributed by atoms with Gasteiger partial charge in [-0.05, 0) is 43.1 Å². The predicted molar refractivity (Wildman–Crippen MR) is 81.7 cm³/mol. The van der Waals surface area contributed by atoms with Gasteiger partial charge in [0.15, 0.2) is 4.34 Å². The molecular weight excluding hydrogens is 293 g/mol. The topological polar surface area (TPSA) is 37.8 Å². The summed E-state index contributed by atoms with van der Waals surface area (Å²) in [5.74, 6) is 1.13. The molecule has 108 valence electrons. The molecule has 0 amide bonds. The maximum atomic E-state index is 14.0. The number of aryl methyl sites for hydroxylation is 1. The third kappa shape index (κ3) is 4.26. The summed E-state index contributed by atoms with van der Waals surface area (Å²) < 4.78 is 19.0. The maximum Gasteiger partial charge on any atom is 0.174 e. The van der Waals surface area contributed by atoms with Crippen LogP contribution in [0.4, 0.5) is 4.39 Å². The van der Waals surface area contributed by atoms with Crippen molar-refractivity contribution >= 4 is 23.3 Å². The van der Waals surface area contributed by atoms with Crippen molar-refractivity contribution in [3.8, 4) is 0 Å². The number of hydrogen-bond donors (Lipinski definition) is 1. The smallest absolute Gasteiger partial charge is 0.174 e. The van der Waals surface area contributed by atoms with E-state index in [4.69, 9.17) is 0 Å². The Hall–Kier alpha value is -0.980. The molecule has 0 atom stereocenters. The molecule has 0 radical (unpaired) electrons. The minimum absolute atomic E-state index is 0.174. The molecule has 0 aliphatic rings. The number of aromatic nitrogens is 2. The molecule has 1 heterocycles. The van der Waals surface area contributed by atoms with Crippen LogP contribution >= 0.6 is 23.3 Å². The van der Waals surface area contributed by atoms with E-state index in [-0.39, 0.29) is 5.82 Å². The zero-order valence-electron chi connectivity index (χ0n) is 11.8. The minimum atomic E-state index is -0.174. The van der Waals surface area contributed by atoms with Gasteiger partial charge in [-0.15, -0.1) is 0 Å². The first-order chi connectivity index (χ1) is 9.56. The van der Waals surface area contributed by atoms with Gasteiger partial charge in [-0.2, -0.15) is 4.37 Å². The van der Waals surface area contributed by atoms with E-state index in [1.165, 1.54) is 29.4 Å². The van der Waals surface area contributed by atoms with E-state index in [0.717, 1.165) is 21.6 Å². The van der Waals surface area contributed by atoms with Crippen molar-refractivity contribution in [1.29, 1.82) is 0 Å². The van der Waals surface area contributed by atoms with Gasteiger partial charge in [-0.1, -0.05) is 31.7 Å². The van der Waals surface area contributed by atoms with Gasteiger partial charge >= 0.3 is 0 Å². The fraction of sp³-hybridized carbons (Fsp3) is 0.429. The summed E-state index contributed by atoms with van der Waals surface area (Å²) in [4.78, 5) is 5.21. The van der Waals surface area contributed by atoms with Crippen LogP contribution in [-0.4, -0.2) is 15.9 Å². The van der Waals surface area contributed by atoms with Gasteiger partial charge in [0.25, 0.3) is 0 Å². The Bertz CT molecular complexity index is 569. The summed E-state index contributed by atoms with van der Waals surface area (Å²) in [6.45, 7) is 7.53. The van der Waals surface area contributed by atoms with Crippen LogP contribution in [0.25, 0.3) is 0 Å². The second-order valence-corrected chi connectivity index (χ2v) is 6.99. The molecule has 0 fully saturated rings. The number of nitrogens with one attached hydrogen (secondary N) is 1. The Morgan fingerprint density at radius 2 is 2.20 bits per heavy atom. The minimum Gasteiger partial charge on any atom is -0.312 e. The predicted octanol–water partition coefficient (Wildman–Crippen LogP) is 3.88. The Morgan fingerprint density at radius 1 is 1.40 bits per heavy atom. The molecular formula is C14H18FN3S2. The van der Waals surface area contributed by atoms with E-state index in [2.05, 4.69) is 28.5 Å². The third-order valence-electron chi connectivity index (χ3n) is 2.64. The molecule has 1 aromatic carbocycles. The molecule has 0 unspecified atom stereocenters. The van der Waals surface area contributed by atoms with Gasteiger partial charge in [-0.3, -0.25) is 0 Å². The lowest BCUT2D eigenvalue weighted by atomic mass is 10.2. The van der Waals surface area contributed by atoms with Crippen molar-refractivity contribution in [2.45, 2.75) is 36.6 Å². The highest BCUT2D eigenvalue weighted by Crippen LogP contribution is 2.32. The van der Waals surface area contributed by atoms with Crippen molar-refractivity contribution in [3.05, 3.63) is 35.4 Å². The number of hydrogen-bond acceptors (Lipinski definition) is 5. The lowest BCUT2D eigenvalue weighted by Gasteiger charge is -2.11. The number of rotatable bonds is 6. The summed E-state index contributed by atoms with van der Waals surface area (Å²) in [7, 11) is 0. The molecule has 0 bridgehead atoms. The maximum absolute atomic E-state index is 14.0. The van der Waals surface area contributed by atoms with Crippen LogP contribution < -0.4 is 5.32 Å². The number of halogens is 1. The lowest BCUT2D eigenvalue weighted by Crippen LogP contribution is -2.20. The Labute approximate surface area is 127 Å². The average Bonchev–Trinajstić information content (AvgIpc) is 2.78. The summed E-state index contributed by atoms with van der Waals surface area (Å²) in [5, 5.41) is 3.29. The van der Waals surface area contributed by atoms with Crippen LogP contribution in [0, 0.1) is 18.7 Å². The highest BCUT2D eigenvalue weighted by atomic mass is 32.2. The highest BCUT2D eigenvalue weighted by Gasteiger charge is 2.12. The Kier molecular flexibility index (Phi) is 5.51. The van der Waals surface area contributed by atoms with Gasteiger partial charge < -0.3 is 5.32 Å². The summed E-state index contributed by atoms with van der Waals surface area (Å²) in [6, 6.07) is 5.16. The van der Waals surface area contributed by atoms with Crippen LogP contribution in [0.1, 0.15) is 25.2 Å². The largest absolute Gasteiger partial charge is 0.312 e. The monoisotopic (exact) mass is 311 g/mol. The van der Waals surface area contributed by atoms with E-state index in [1.807, 2.05) is 13.0 Å². The van der Waals surface area contributed by atoms with Crippen LogP contribution in [0.2, 0.25) is 0 Å². The van der Waals surface area contributed by atoms with Crippen LogP contribution in [-0.2, 0) is 6.54 Å². The van der Waals surface area contributed by atoms with E-state index >= 15 is 0 Å². The van der Waals surface area contributed by atoms with Crippen LogP contribution in [0.5, 0.6) is 0 Å². The summed E-state index contributed by atoms with van der Waals surface area (Å²) in [6.07, 6.45) is 0. The van der Waals surface area contributed by atoms with Gasteiger partial charge in [0.05, 0.1) is 0 Å². The van der Waals surface area contributed by atoms with Gasteiger partial charge in [-0.25, -0.2) is 9.37 Å². The second-order valence-electron chi connectivity index (χ2n) is 4.95. The molecule has 20 heavy (non-hydrogen) atoms. The third-order valence-corrected chi connectivity index (χ3v) is 4.58. The first kappa shape index (κ1) is 15.4. The standard InChI is InChI=1S/C14H18FN3S2/c1-9(2)7-16-8-11-12(15)5-4-6-13(11)19-14-17-10(3)18-20-14/h4-6,9,16H,7-8H2,1-3H3. The molecule has 0 spiro atoms. The Morgan fingerprint density at radius 3 is 2.85 bits per heavy atom. The quantitative estimate of drug-likeness (QED) is 0.878. The van der Waals surface area contributed by atoms with Gasteiger partial charge in [0.1, 0.15) is 11.6 Å². The zero-order chi connectivity index (χ0) is 14.5. The number of nitrogens with zero attached hydrogens (tertiary/aromatic N) is 2.